The van der Waals surface area contributed by atoms with Gasteiger partial charge in [-0.1, -0.05) is 6.92 Å². The zero-order valence-electron chi connectivity index (χ0n) is 9.51. The predicted octanol–water partition coefficient (Wildman–Crippen LogP) is 0.504. The number of nitrogens with zero attached hydrogens (tertiary/aromatic N) is 1. The monoisotopic (exact) mass is 237 g/mol. The molecule has 0 bridgehead atoms. The van der Waals surface area contributed by atoms with E-state index in [1.807, 2.05) is 0 Å². The first kappa shape index (κ1) is 13.0. The molecule has 6 heteroatoms. The first-order valence-corrected chi connectivity index (χ1v) is 5.24. The minimum atomic E-state index is -0.878. The van der Waals surface area contributed by atoms with E-state index in [-0.39, 0.29) is 18.1 Å². The van der Waals surface area contributed by atoms with E-state index < -0.39 is 11.9 Å². The summed E-state index contributed by atoms with van der Waals surface area (Å²) in [4.78, 5) is 26.0. The Morgan fingerprint density at radius 3 is 2.88 bits per heavy atom. The van der Waals surface area contributed by atoms with Crippen molar-refractivity contribution in [1.82, 2.24) is 10.3 Å². The number of pyridine rings is 1. The maximum Gasteiger partial charge on any atom is 0.306 e. The summed E-state index contributed by atoms with van der Waals surface area (Å²) in [6, 6.07) is 3.22. The van der Waals surface area contributed by atoms with E-state index >= 15 is 0 Å². The molecule has 0 saturated heterocycles. The van der Waals surface area contributed by atoms with E-state index in [0.29, 0.717) is 12.1 Å². The molecule has 1 atom stereocenters. The molecule has 4 N–H and O–H groups in total. The van der Waals surface area contributed by atoms with Crippen molar-refractivity contribution in [2.24, 2.45) is 5.92 Å². The lowest BCUT2D eigenvalue weighted by Crippen LogP contribution is -2.28. The largest absolute Gasteiger partial charge is 0.481 e. The fourth-order valence-electron chi connectivity index (χ4n) is 1.22. The first-order chi connectivity index (χ1) is 8.02. The standard InChI is InChI=1S/C11H15N3O3/c1-7(11(16)17)4-6-14-10(15)9-8(12)3-2-5-13-9/h2-3,5,7H,4,6,12H2,1H3,(H,14,15)(H,16,17). The minimum Gasteiger partial charge on any atom is -0.481 e. The van der Waals surface area contributed by atoms with Gasteiger partial charge in [-0.2, -0.15) is 0 Å². The van der Waals surface area contributed by atoms with Gasteiger partial charge in [0.15, 0.2) is 5.69 Å². The second-order valence-electron chi connectivity index (χ2n) is 3.73. The molecule has 0 aliphatic heterocycles. The Balaban J connectivity index is 2.46. The summed E-state index contributed by atoms with van der Waals surface area (Å²) in [5.74, 6) is -1.76. The van der Waals surface area contributed by atoms with Crippen LogP contribution in [0.25, 0.3) is 0 Å². The number of carboxylic acid groups (broad SMARTS) is 1. The van der Waals surface area contributed by atoms with Crippen molar-refractivity contribution in [2.75, 3.05) is 12.3 Å². The van der Waals surface area contributed by atoms with Crippen LogP contribution in [0.4, 0.5) is 5.69 Å². The molecule has 1 aromatic rings. The Kier molecular flexibility index (Phi) is 4.45. The van der Waals surface area contributed by atoms with Crippen LogP contribution in [0.15, 0.2) is 18.3 Å². The van der Waals surface area contributed by atoms with E-state index in [1.165, 1.54) is 6.20 Å². The van der Waals surface area contributed by atoms with Gasteiger partial charge in [0.1, 0.15) is 0 Å². The third kappa shape index (κ3) is 3.75. The highest BCUT2D eigenvalue weighted by Gasteiger charge is 2.13. The fourth-order valence-corrected chi connectivity index (χ4v) is 1.22. The number of aliphatic carboxylic acids is 1. The Hall–Kier alpha value is -2.11. The van der Waals surface area contributed by atoms with Crippen LogP contribution in [0.2, 0.25) is 0 Å². The number of rotatable bonds is 5. The number of nitrogen functional groups attached to an aromatic ring is 1. The number of nitrogens with two attached hydrogens (primary N) is 1. The summed E-state index contributed by atoms with van der Waals surface area (Å²) in [5, 5.41) is 11.2. The van der Waals surface area contributed by atoms with Gasteiger partial charge in [-0.05, 0) is 18.6 Å². The number of hydrogen-bond acceptors (Lipinski definition) is 4. The molecule has 0 saturated carbocycles. The lowest BCUT2D eigenvalue weighted by molar-refractivity contribution is -0.141. The minimum absolute atomic E-state index is 0.162. The zero-order valence-corrected chi connectivity index (χ0v) is 9.51. The maximum atomic E-state index is 11.6. The summed E-state index contributed by atoms with van der Waals surface area (Å²) >= 11 is 0. The molecule has 0 radical (unpaired) electrons. The van der Waals surface area contributed by atoms with Gasteiger partial charge in [-0.15, -0.1) is 0 Å². The highest BCUT2D eigenvalue weighted by molar-refractivity contribution is 5.96. The van der Waals surface area contributed by atoms with Crippen molar-refractivity contribution in [2.45, 2.75) is 13.3 Å². The molecule has 0 spiro atoms. The SMILES string of the molecule is CC(CCNC(=O)c1ncccc1N)C(=O)O. The number of aromatic nitrogens is 1. The first-order valence-electron chi connectivity index (χ1n) is 5.24. The van der Waals surface area contributed by atoms with Crippen LogP contribution in [0.5, 0.6) is 0 Å². The molecular weight excluding hydrogens is 222 g/mol. The molecule has 1 aromatic heterocycles. The highest BCUT2D eigenvalue weighted by Crippen LogP contribution is 2.06. The molecular formula is C11H15N3O3. The summed E-state index contributed by atoms with van der Waals surface area (Å²) in [7, 11) is 0. The molecule has 1 heterocycles. The van der Waals surface area contributed by atoms with Crippen molar-refractivity contribution < 1.29 is 14.7 Å². The van der Waals surface area contributed by atoms with E-state index in [9.17, 15) is 9.59 Å². The van der Waals surface area contributed by atoms with Crippen LogP contribution in [0.3, 0.4) is 0 Å². The van der Waals surface area contributed by atoms with Crippen molar-refractivity contribution in [3.63, 3.8) is 0 Å². The molecule has 1 amide bonds. The van der Waals surface area contributed by atoms with E-state index in [4.69, 9.17) is 10.8 Å². The molecule has 0 aliphatic carbocycles. The Morgan fingerprint density at radius 1 is 1.59 bits per heavy atom. The third-order valence-corrected chi connectivity index (χ3v) is 2.34. The molecule has 92 valence electrons. The van der Waals surface area contributed by atoms with Crippen molar-refractivity contribution in [3.05, 3.63) is 24.0 Å². The number of carbonyl (C=O) groups excluding carboxylic acids is 1. The van der Waals surface area contributed by atoms with Crippen molar-refractivity contribution >= 4 is 17.6 Å². The molecule has 17 heavy (non-hydrogen) atoms. The normalized spacial score (nSPS) is 11.8. The number of anilines is 1. The average molecular weight is 237 g/mol. The van der Waals surface area contributed by atoms with Crippen molar-refractivity contribution in [1.29, 1.82) is 0 Å². The summed E-state index contributed by atoms with van der Waals surface area (Å²) in [5.41, 5.74) is 6.05. The van der Waals surface area contributed by atoms with Gasteiger partial charge in [0.2, 0.25) is 0 Å². The van der Waals surface area contributed by atoms with Crippen LogP contribution in [0, 0.1) is 5.92 Å². The van der Waals surface area contributed by atoms with E-state index in [1.54, 1.807) is 19.1 Å². The summed E-state index contributed by atoms with van der Waals surface area (Å²) < 4.78 is 0. The van der Waals surface area contributed by atoms with Gasteiger partial charge in [0.05, 0.1) is 11.6 Å². The van der Waals surface area contributed by atoms with Gasteiger partial charge in [-0.25, -0.2) is 4.98 Å². The Labute approximate surface area is 98.8 Å². The molecule has 0 aromatic carbocycles. The average Bonchev–Trinajstić information content (AvgIpc) is 2.29. The predicted molar refractivity (Wildman–Crippen MR) is 62.4 cm³/mol. The van der Waals surface area contributed by atoms with E-state index in [2.05, 4.69) is 10.3 Å². The van der Waals surface area contributed by atoms with Gasteiger partial charge in [-0.3, -0.25) is 9.59 Å². The smallest absolute Gasteiger partial charge is 0.306 e. The van der Waals surface area contributed by atoms with Crippen LogP contribution >= 0.6 is 0 Å². The van der Waals surface area contributed by atoms with Crippen LogP contribution in [-0.2, 0) is 4.79 Å². The maximum absolute atomic E-state index is 11.6. The zero-order chi connectivity index (χ0) is 12.8. The Morgan fingerprint density at radius 2 is 2.29 bits per heavy atom. The van der Waals surface area contributed by atoms with Crippen LogP contribution in [-0.4, -0.2) is 28.5 Å². The van der Waals surface area contributed by atoms with Crippen LogP contribution < -0.4 is 11.1 Å². The summed E-state index contributed by atoms with van der Waals surface area (Å²) in [6.45, 7) is 1.87. The fraction of sp³-hybridized carbons (Fsp3) is 0.364. The van der Waals surface area contributed by atoms with Gasteiger partial charge < -0.3 is 16.2 Å². The topological polar surface area (TPSA) is 105 Å². The number of amides is 1. The number of carboxylic acids is 1. The van der Waals surface area contributed by atoms with Gasteiger partial charge >= 0.3 is 5.97 Å². The van der Waals surface area contributed by atoms with Crippen molar-refractivity contribution in [3.8, 4) is 0 Å². The lowest BCUT2D eigenvalue weighted by atomic mass is 10.1. The second-order valence-corrected chi connectivity index (χ2v) is 3.73. The molecule has 1 rings (SSSR count). The molecule has 0 fully saturated rings. The number of hydrogen-bond donors (Lipinski definition) is 3. The lowest BCUT2D eigenvalue weighted by Gasteiger charge is -2.08. The highest BCUT2D eigenvalue weighted by atomic mass is 16.4. The summed E-state index contributed by atoms with van der Waals surface area (Å²) in [6.07, 6.45) is 1.85. The number of carbonyl (C=O) groups is 2. The van der Waals surface area contributed by atoms with Crippen LogP contribution in [0.1, 0.15) is 23.8 Å². The second kappa shape index (κ2) is 5.83. The quantitative estimate of drug-likeness (QED) is 0.691. The van der Waals surface area contributed by atoms with E-state index in [0.717, 1.165) is 0 Å². The molecule has 1 unspecified atom stereocenters. The molecule has 0 aliphatic rings. The van der Waals surface area contributed by atoms with Gasteiger partial charge in [0.25, 0.3) is 5.91 Å². The molecule has 6 nitrogen and oxygen atoms in total. The van der Waals surface area contributed by atoms with Gasteiger partial charge in [0, 0.05) is 12.7 Å². The Bertz CT molecular complexity index is 420. The number of nitrogens with one attached hydrogen (secondary N) is 1. The third-order valence-electron chi connectivity index (χ3n) is 2.34.